The third kappa shape index (κ3) is 3.74. The molecule has 1 amide bonds. The van der Waals surface area contributed by atoms with Crippen molar-refractivity contribution >= 4 is 40.8 Å². The highest BCUT2D eigenvalue weighted by molar-refractivity contribution is 6.41. The van der Waals surface area contributed by atoms with Crippen LogP contribution in [0.4, 0.5) is 5.69 Å². The number of carbonyl (C=O) groups excluding carboxylic acids is 2. The summed E-state index contributed by atoms with van der Waals surface area (Å²) in [6, 6.07) is 8.83. The number of halogens is 2. The quantitative estimate of drug-likeness (QED) is 0.876. The Morgan fingerprint density at radius 2 is 1.95 bits per heavy atom. The van der Waals surface area contributed by atoms with E-state index < -0.39 is 11.9 Å². The number of imidazole rings is 1. The summed E-state index contributed by atoms with van der Waals surface area (Å²) in [5.74, 6) is -1.07. The number of nitrogens with zero attached hydrogens (tertiary/aromatic N) is 2. The normalized spacial score (nSPS) is 10.2. The fraction of sp³-hybridized carbons (Fsp3) is 0.154. The number of nitrogens with one attached hydrogen (secondary N) is 1. The zero-order valence-corrected chi connectivity index (χ0v) is 12.5. The SMILES string of the molecule is CC(=O)OCn1c(C(=O)Nc2ccccc2)nc(Cl)c1Cl. The van der Waals surface area contributed by atoms with Gasteiger partial charge in [0.2, 0.25) is 5.82 Å². The molecule has 0 atom stereocenters. The number of para-hydroxylation sites is 1. The van der Waals surface area contributed by atoms with E-state index in [-0.39, 0.29) is 22.9 Å². The van der Waals surface area contributed by atoms with Crippen molar-refractivity contribution in [3.05, 3.63) is 46.5 Å². The molecule has 1 N–H and O–H groups in total. The molecule has 0 bridgehead atoms. The molecule has 110 valence electrons. The van der Waals surface area contributed by atoms with Gasteiger partial charge in [0.15, 0.2) is 17.0 Å². The lowest BCUT2D eigenvalue weighted by Gasteiger charge is -2.09. The van der Waals surface area contributed by atoms with Crippen molar-refractivity contribution in [1.29, 1.82) is 0 Å². The van der Waals surface area contributed by atoms with Crippen molar-refractivity contribution in [2.45, 2.75) is 13.7 Å². The maximum atomic E-state index is 12.2. The van der Waals surface area contributed by atoms with Crippen molar-refractivity contribution in [1.82, 2.24) is 9.55 Å². The number of ether oxygens (including phenoxy) is 1. The number of amides is 1. The first kappa shape index (κ1) is 15.3. The molecule has 0 aliphatic carbocycles. The molecule has 2 rings (SSSR count). The van der Waals surface area contributed by atoms with Crippen LogP contribution in [0.3, 0.4) is 0 Å². The molecule has 1 aromatic heterocycles. The van der Waals surface area contributed by atoms with Crippen LogP contribution in [-0.2, 0) is 16.3 Å². The smallest absolute Gasteiger partial charge is 0.304 e. The van der Waals surface area contributed by atoms with Gasteiger partial charge >= 0.3 is 5.97 Å². The summed E-state index contributed by atoms with van der Waals surface area (Å²) in [6.45, 7) is 1.00. The van der Waals surface area contributed by atoms with Gasteiger partial charge in [-0.3, -0.25) is 14.2 Å². The molecular weight excluding hydrogens is 317 g/mol. The van der Waals surface area contributed by atoms with Crippen LogP contribution >= 0.6 is 23.2 Å². The third-order valence-electron chi connectivity index (χ3n) is 2.50. The van der Waals surface area contributed by atoms with Crippen LogP contribution in [0.2, 0.25) is 10.3 Å². The van der Waals surface area contributed by atoms with E-state index in [0.29, 0.717) is 5.69 Å². The van der Waals surface area contributed by atoms with Gasteiger partial charge in [-0.05, 0) is 12.1 Å². The molecule has 8 heteroatoms. The Kier molecular flexibility index (Phi) is 4.82. The zero-order chi connectivity index (χ0) is 15.4. The van der Waals surface area contributed by atoms with E-state index in [2.05, 4.69) is 10.3 Å². The number of benzene rings is 1. The highest BCUT2D eigenvalue weighted by Gasteiger charge is 2.21. The number of hydrogen-bond acceptors (Lipinski definition) is 4. The second-order valence-corrected chi connectivity index (χ2v) is 4.75. The highest BCUT2D eigenvalue weighted by atomic mass is 35.5. The lowest BCUT2D eigenvalue weighted by molar-refractivity contribution is -0.144. The van der Waals surface area contributed by atoms with Gasteiger partial charge in [0, 0.05) is 12.6 Å². The van der Waals surface area contributed by atoms with Crippen LogP contribution in [0.15, 0.2) is 30.3 Å². The van der Waals surface area contributed by atoms with Crippen LogP contribution in [0.25, 0.3) is 0 Å². The van der Waals surface area contributed by atoms with Gasteiger partial charge in [-0.1, -0.05) is 41.4 Å². The molecule has 21 heavy (non-hydrogen) atoms. The van der Waals surface area contributed by atoms with Crippen molar-refractivity contribution in [2.75, 3.05) is 5.32 Å². The van der Waals surface area contributed by atoms with Gasteiger partial charge in [-0.15, -0.1) is 0 Å². The Hall–Kier alpha value is -2.05. The fourth-order valence-corrected chi connectivity index (χ4v) is 1.91. The van der Waals surface area contributed by atoms with Crippen LogP contribution in [-0.4, -0.2) is 21.4 Å². The van der Waals surface area contributed by atoms with E-state index in [1.54, 1.807) is 24.3 Å². The second kappa shape index (κ2) is 6.60. The summed E-state index contributed by atoms with van der Waals surface area (Å²) in [4.78, 5) is 26.9. The number of anilines is 1. The Morgan fingerprint density at radius 1 is 1.29 bits per heavy atom. The Bertz CT molecular complexity index is 671. The molecule has 2 aromatic rings. The van der Waals surface area contributed by atoms with E-state index in [1.165, 1.54) is 11.5 Å². The van der Waals surface area contributed by atoms with Crippen molar-refractivity contribution in [2.24, 2.45) is 0 Å². The monoisotopic (exact) mass is 327 g/mol. The molecule has 0 aliphatic rings. The summed E-state index contributed by atoms with van der Waals surface area (Å²) in [7, 11) is 0. The Balaban J connectivity index is 2.24. The Morgan fingerprint density at radius 3 is 2.57 bits per heavy atom. The second-order valence-electron chi connectivity index (χ2n) is 4.03. The standard InChI is InChI=1S/C13H11Cl2N3O3/c1-8(19)21-7-18-11(15)10(14)17-12(18)13(20)16-9-5-3-2-4-6-9/h2-6H,7H2,1H3,(H,16,20). The summed E-state index contributed by atoms with van der Waals surface area (Å²) in [5, 5.41) is 2.63. The maximum absolute atomic E-state index is 12.2. The largest absolute Gasteiger partial charge is 0.444 e. The molecule has 0 spiro atoms. The first-order valence-electron chi connectivity index (χ1n) is 5.90. The summed E-state index contributed by atoms with van der Waals surface area (Å²) in [5.41, 5.74) is 0.594. The van der Waals surface area contributed by atoms with Gasteiger partial charge in [-0.2, -0.15) is 0 Å². The first-order valence-corrected chi connectivity index (χ1v) is 6.66. The highest BCUT2D eigenvalue weighted by Crippen LogP contribution is 2.23. The van der Waals surface area contributed by atoms with Crippen LogP contribution in [0.1, 0.15) is 17.5 Å². The van der Waals surface area contributed by atoms with Gasteiger partial charge in [0.25, 0.3) is 5.91 Å². The minimum Gasteiger partial charge on any atom is -0.444 e. The molecule has 1 heterocycles. The van der Waals surface area contributed by atoms with Crippen molar-refractivity contribution in [3.63, 3.8) is 0 Å². The number of carbonyl (C=O) groups is 2. The maximum Gasteiger partial charge on any atom is 0.304 e. The molecule has 1 aromatic carbocycles. The van der Waals surface area contributed by atoms with Gasteiger partial charge in [-0.25, -0.2) is 4.98 Å². The molecule has 0 fully saturated rings. The zero-order valence-electron chi connectivity index (χ0n) is 11.0. The fourth-order valence-electron chi connectivity index (χ4n) is 1.56. The number of hydrogen-bond donors (Lipinski definition) is 1. The van der Waals surface area contributed by atoms with E-state index in [9.17, 15) is 9.59 Å². The number of rotatable bonds is 4. The number of aromatic nitrogens is 2. The van der Waals surface area contributed by atoms with E-state index in [0.717, 1.165) is 0 Å². The molecule has 0 saturated heterocycles. The predicted molar refractivity (Wildman–Crippen MR) is 78.4 cm³/mol. The molecule has 0 unspecified atom stereocenters. The molecule has 0 radical (unpaired) electrons. The summed E-state index contributed by atoms with van der Waals surface area (Å²) < 4.78 is 6.04. The van der Waals surface area contributed by atoms with E-state index in [1.807, 2.05) is 6.07 Å². The molecule has 6 nitrogen and oxygen atoms in total. The first-order chi connectivity index (χ1) is 9.99. The average molecular weight is 328 g/mol. The third-order valence-corrected chi connectivity index (χ3v) is 3.24. The minimum absolute atomic E-state index is 0.0242. The van der Waals surface area contributed by atoms with Gasteiger partial charge in [0.1, 0.15) is 0 Å². The lowest BCUT2D eigenvalue weighted by atomic mass is 10.3. The molecule has 0 aliphatic heterocycles. The van der Waals surface area contributed by atoms with Crippen molar-refractivity contribution in [3.8, 4) is 0 Å². The predicted octanol–water partition coefficient (Wildman–Crippen LogP) is 2.96. The van der Waals surface area contributed by atoms with Gasteiger partial charge < -0.3 is 10.1 Å². The van der Waals surface area contributed by atoms with Crippen LogP contribution in [0.5, 0.6) is 0 Å². The minimum atomic E-state index is -0.512. The van der Waals surface area contributed by atoms with Crippen LogP contribution in [0, 0.1) is 0 Å². The number of esters is 1. The topological polar surface area (TPSA) is 73.2 Å². The Labute approximate surface area is 130 Å². The molecule has 0 saturated carbocycles. The van der Waals surface area contributed by atoms with E-state index >= 15 is 0 Å². The summed E-state index contributed by atoms with van der Waals surface area (Å²) in [6.07, 6.45) is 0. The van der Waals surface area contributed by atoms with E-state index in [4.69, 9.17) is 27.9 Å². The average Bonchev–Trinajstić information content (AvgIpc) is 2.74. The van der Waals surface area contributed by atoms with Crippen LogP contribution < -0.4 is 5.32 Å². The lowest BCUT2D eigenvalue weighted by Crippen LogP contribution is -2.20. The van der Waals surface area contributed by atoms with Gasteiger partial charge in [0.05, 0.1) is 0 Å². The summed E-state index contributed by atoms with van der Waals surface area (Å²) >= 11 is 11.8. The molecular formula is C13H11Cl2N3O3. The van der Waals surface area contributed by atoms with Crippen molar-refractivity contribution < 1.29 is 14.3 Å².